The molecule has 26 heavy (non-hydrogen) atoms. The van der Waals surface area contributed by atoms with Gasteiger partial charge in [-0.25, -0.2) is 0 Å². The molecule has 3 aromatic rings. The molecule has 1 amide bonds. The number of ketones is 1. The lowest BCUT2D eigenvalue weighted by Crippen LogP contribution is -2.23. The molecule has 134 valence electrons. The molecule has 0 aliphatic heterocycles. The second kappa shape index (κ2) is 7.44. The molecular weight excluding hydrogens is 326 g/mol. The summed E-state index contributed by atoms with van der Waals surface area (Å²) in [6, 6.07) is 15.1. The average Bonchev–Trinajstić information content (AvgIpc) is 3.00. The maximum atomic E-state index is 12.6. The topological polar surface area (TPSA) is 54.3 Å². The summed E-state index contributed by atoms with van der Waals surface area (Å²) in [4.78, 5) is 27.2. The minimum absolute atomic E-state index is 0.417. The van der Waals surface area contributed by atoms with Gasteiger partial charge in [0.05, 0.1) is 5.56 Å². The molecule has 1 N–H and O–H groups in total. The number of fused-ring (bicyclic) bond motifs is 1. The van der Waals surface area contributed by atoms with Gasteiger partial charge < -0.3 is 14.8 Å². The minimum atomic E-state index is -0.628. The molecule has 0 fully saturated rings. The van der Waals surface area contributed by atoms with Gasteiger partial charge >= 0.3 is 0 Å². The third-order valence-electron chi connectivity index (χ3n) is 4.60. The molecule has 5 heteroatoms. The van der Waals surface area contributed by atoms with Crippen LogP contribution in [0.2, 0.25) is 0 Å². The number of aryl methyl sites for hydroxylation is 1. The van der Waals surface area contributed by atoms with E-state index in [1.54, 1.807) is 6.20 Å². The Hall–Kier alpha value is -3.08. The van der Waals surface area contributed by atoms with E-state index >= 15 is 0 Å². The molecule has 0 radical (unpaired) electrons. The Balaban J connectivity index is 1.78. The first-order valence-electron chi connectivity index (χ1n) is 8.79. The van der Waals surface area contributed by atoms with Crippen molar-refractivity contribution < 1.29 is 9.59 Å². The first-order chi connectivity index (χ1) is 12.5. The summed E-state index contributed by atoms with van der Waals surface area (Å²) in [5, 5.41) is 3.48. The predicted molar refractivity (Wildman–Crippen MR) is 106 cm³/mol. The van der Waals surface area contributed by atoms with Gasteiger partial charge in [-0.15, -0.1) is 0 Å². The zero-order chi connectivity index (χ0) is 18.7. The molecule has 3 rings (SSSR count). The number of nitrogens with one attached hydrogen (secondary N) is 1. The predicted octanol–water partition coefficient (Wildman–Crippen LogP) is 3.85. The maximum absolute atomic E-state index is 12.6. The lowest BCUT2D eigenvalue weighted by Gasteiger charge is -2.21. The molecule has 0 spiro atoms. The number of aromatic nitrogens is 1. The fourth-order valence-corrected chi connectivity index (χ4v) is 3.18. The Kier molecular flexibility index (Phi) is 5.07. The number of hydrogen-bond acceptors (Lipinski definition) is 3. The Morgan fingerprint density at radius 1 is 1.00 bits per heavy atom. The highest BCUT2D eigenvalue weighted by Crippen LogP contribution is 2.22. The summed E-state index contributed by atoms with van der Waals surface area (Å²) in [7, 11) is 1.86. The number of para-hydroxylation sites is 1. The van der Waals surface area contributed by atoms with Crippen LogP contribution >= 0.6 is 0 Å². The normalized spacial score (nSPS) is 10.7. The van der Waals surface area contributed by atoms with Gasteiger partial charge in [-0.05, 0) is 44.2 Å². The van der Waals surface area contributed by atoms with Crippen LogP contribution in [-0.2, 0) is 11.8 Å². The molecule has 0 atom stereocenters. The van der Waals surface area contributed by atoms with Gasteiger partial charge in [0, 0.05) is 48.6 Å². The Morgan fingerprint density at radius 3 is 2.31 bits per heavy atom. The third kappa shape index (κ3) is 3.33. The van der Waals surface area contributed by atoms with Crippen LogP contribution in [0, 0.1) is 0 Å². The molecule has 1 heterocycles. The van der Waals surface area contributed by atoms with Crippen molar-refractivity contribution in [3.05, 3.63) is 60.3 Å². The van der Waals surface area contributed by atoms with Crippen LogP contribution in [0.1, 0.15) is 24.2 Å². The molecule has 0 saturated heterocycles. The molecule has 0 saturated carbocycles. The number of carbonyl (C=O) groups excluding carboxylic acids is 2. The van der Waals surface area contributed by atoms with Crippen molar-refractivity contribution in [3.63, 3.8) is 0 Å². The van der Waals surface area contributed by atoms with E-state index in [9.17, 15) is 9.59 Å². The van der Waals surface area contributed by atoms with Crippen LogP contribution in [0.25, 0.3) is 10.9 Å². The quantitative estimate of drug-likeness (QED) is 0.543. The first-order valence-corrected chi connectivity index (χ1v) is 8.79. The molecule has 0 bridgehead atoms. The molecule has 0 aliphatic carbocycles. The lowest BCUT2D eigenvalue weighted by molar-refractivity contribution is -0.112. The zero-order valence-electron chi connectivity index (χ0n) is 15.3. The Bertz CT molecular complexity index is 938. The van der Waals surface area contributed by atoms with Crippen LogP contribution in [0.15, 0.2) is 54.7 Å². The summed E-state index contributed by atoms with van der Waals surface area (Å²) in [6.07, 6.45) is 1.70. The fraction of sp³-hybridized carbons (Fsp3) is 0.238. The van der Waals surface area contributed by atoms with Gasteiger partial charge in [0.2, 0.25) is 0 Å². The highest BCUT2D eigenvalue weighted by Gasteiger charge is 2.21. The standard InChI is InChI=1S/C21H23N3O2/c1-4-24(5-2)16-12-10-15(11-13-16)22-21(26)20(25)18-14-23(3)19-9-7-6-8-17(18)19/h6-14H,4-5H2,1-3H3,(H,22,26). The summed E-state index contributed by atoms with van der Waals surface area (Å²) < 4.78 is 1.86. The van der Waals surface area contributed by atoms with Crippen molar-refractivity contribution in [2.75, 3.05) is 23.3 Å². The summed E-state index contributed by atoms with van der Waals surface area (Å²) in [6.45, 7) is 6.04. The van der Waals surface area contributed by atoms with E-state index in [1.807, 2.05) is 60.1 Å². The highest BCUT2D eigenvalue weighted by molar-refractivity contribution is 6.48. The monoisotopic (exact) mass is 349 g/mol. The van der Waals surface area contributed by atoms with Crippen molar-refractivity contribution in [3.8, 4) is 0 Å². The molecular formula is C21H23N3O2. The molecule has 0 aliphatic rings. The van der Waals surface area contributed by atoms with Gasteiger partial charge in [0.25, 0.3) is 11.7 Å². The number of anilines is 2. The van der Waals surface area contributed by atoms with E-state index in [0.717, 1.165) is 29.7 Å². The number of hydrogen-bond donors (Lipinski definition) is 1. The van der Waals surface area contributed by atoms with E-state index in [1.165, 1.54) is 0 Å². The smallest absolute Gasteiger partial charge is 0.296 e. The molecule has 5 nitrogen and oxygen atoms in total. The first kappa shape index (κ1) is 17.7. The van der Waals surface area contributed by atoms with E-state index in [0.29, 0.717) is 11.3 Å². The van der Waals surface area contributed by atoms with Crippen molar-refractivity contribution >= 4 is 34.0 Å². The largest absolute Gasteiger partial charge is 0.372 e. The zero-order valence-corrected chi connectivity index (χ0v) is 15.3. The maximum Gasteiger partial charge on any atom is 0.296 e. The van der Waals surface area contributed by atoms with Gasteiger partial charge in [-0.1, -0.05) is 18.2 Å². The highest BCUT2D eigenvalue weighted by atomic mass is 16.2. The van der Waals surface area contributed by atoms with Crippen LogP contribution in [0.5, 0.6) is 0 Å². The second-order valence-corrected chi connectivity index (χ2v) is 6.17. The molecule has 0 unspecified atom stereocenters. The summed E-state index contributed by atoms with van der Waals surface area (Å²) >= 11 is 0. The molecule has 1 aromatic heterocycles. The second-order valence-electron chi connectivity index (χ2n) is 6.17. The number of nitrogens with zero attached hydrogens (tertiary/aromatic N) is 2. The number of Topliss-reactive ketones (excluding diaryl/α,β-unsaturated/α-hetero) is 1. The lowest BCUT2D eigenvalue weighted by atomic mass is 10.1. The van der Waals surface area contributed by atoms with Gasteiger partial charge in [-0.2, -0.15) is 0 Å². The average molecular weight is 349 g/mol. The third-order valence-corrected chi connectivity index (χ3v) is 4.60. The van der Waals surface area contributed by atoms with Crippen molar-refractivity contribution in [2.45, 2.75) is 13.8 Å². The van der Waals surface area contributed by atoms with Crippen LogP contribution in [-0.4, -0.2) is 29.3 Å². The fourth-order valence-electron chi connectivity index (χ4n) is 3.18. The number of carbonyl (C=O) groups is 2. The van der Waals surface area contributed by atoms with Crippen LogP contribution in [0.4, 0.5) is 11.4 Å². The van der Waals surface area contributed by atoms with Gasteiger partial charge in [-0.3, -0.25) is 9.59 Å². The van der Waals surface area contributed by atoms with E-state index in [-0.39, 0.29) is 0 Å². The minimum Gasteiger partial charge on any atom is -0.372 e. The Labute approximate surface area is 153 Å². The van der Waals surface area contributed by atoms with E-state index in [4.69, 9.17) is 0 Å². The van der Waals surface area contributed by atoms with E-state index < -0.39 is 11.7 Å². The SMILES string of the molecule is CCN(CC)c1ccc(NC(=O)C(=O)c2cn(C)c3ccccc23)cc1. The van der Waals surface area contributed by atoms with Crippen molar-refractivity contribution in [1.29, 1.82) is 0 Å². The number of benzene rings is 2. The Morgan fingerprint density at radius 2 is 1.65 bits per heavy atom. The van der Waals surface area contributed by atoms with Crippen molar-refractivity contribution in [2.24, 2.45) is 7.05 Å². The van der Waals surface area contributed by atoms with Crippen LogP contribution in [0.3, 0.4) is 0 Å². The van der Waals surface area contributed by atoms with Gasteiger partial charge in [0.15, 0.2) is 0 Å². The summed E-state index contributed by atoms with van der Waals surface area (Å²) in [5.41, 5.74) is 3.04. The van der Waals surface area contributed by atoms with E-state index in [2.05, 4.69) is 24.1 Å². The van der Waals surface area contributed by atoms with Gasteiger partial charge in [0.1, 0.15) is 0 Å². The number of rotatable bonds is 6. The summed E-state index contributed by atoms with van der Waals surface area (Å²) in [5.74, 6) is -1.16. The molecule has 2 aromatic carbocycles. The van der Waals surface area contributed by atoms with Crippen molar-refractivity contribution in [1.82, 2.24) is 4.57 Å². The number of amides is 1. The van der Waals surface area contributed by atoms with Crippen LogP contribution < -0.4 is 10.2 Å².